The molecule has 0 saturated heterocycles. The van der Waals surface area contributed by atoms with Crippen LogP contribution in [0.1, 0.15) is 25.3 Å². The first kappa shape index (κ1) is 4.97. The maximum absolute atomic E-state index is 3.90. The molecule has 0 unspecified atom stereocenters. The number of rotatable bonds is 1. The van der Waals surface area contributed by atoms with E-state index in [9.17, 15) is 0 Å². The third kappa shape index (κ3) is 0.724. The third-order valence-corrected chi connectivity index (χ3v) is 1.89. The minimum atomic E-state index is 0.660. The molecule has 0 amide bonds. The second-order valence-electron chi connectivity index (χ2n) is 2.47. The van der Waals surface area contributed by atoms with Crippen LogP contribution >= 0.6 is 0 Å². The van der Waals surface area contributed by atoms with E-state index in [-0.39, 0.29) is 0 Å². The van der Waals surface area contributed by atoms with Gasteiger partial charge < -0.3 is 0 Å². The van der Waals surface area contributed by atoms with Gasteiger partial charge in [-0.05, 0) is 19.3 Å². The first-order valence-corrected chi connectivity index (χ1v) is 3.32. The molecule has 9 heavy (non-hydrogen) atoms. The van der Waals surface area contributed by atoms with E-state index in [4.69, 9.17) is 0 Å². The zero-order chi connectivity index (χ0) is 6.10. The van der Waals surface area contributed by atoms with Crippen LogP contribution < -0.4 is 0 Å². The maximum Gasteiger partial charge on any atom is 0.0693 e. The summed E-state index contributed by atoms with van der Waals surface area (Å²) < 4.78 is 1.95. The molecule has 2 rings (SSSR count). The van der Waals surface area contributed by atoms with E-state index in [0.29, 0.717) is 6.04 Å². The third-order valence-electron chi connectivity index (χ3n) is 1.89. The van der Waals surface area contributed by atoms with Crippen molar-refractivity contribution in [2.24, 2.45) is 0 Å². The number of hydrogen-bond donors (Lipinski definition) is 0. The quantitative estimate of drug-likeness (QED) is 0.557. The summed E-state index contributed by atoms with van der Waals surface area (Å²) in [4.78, 5) is 0. The van der Waals surface area contributed by atoms with Gasteiger partial charge in [-0.25, -0.2) is 4.68 Å². The molecule has 3 heteroatoms. The van der Waals surface area contributed by atoms with E-state index in [1.807, 2.05) is 10.9 Å². The molecule has 48 valence electrons. The molecule has 0 N–H and O–H groups in total. The van der Waals surface area contributed by atoms with Crippen LogP contribution in [-0.4, -0.2) is 15.0 Å². The van der Waals surface area contributed by atoms with Crippen molar-refractivity contribution < 1.29 is 0 Å². The lowest BCUT2D eigenvalue weighted by atomic mass is 9.93. The van der Waals surface area contributed by atoms with Gasteiger partial charge in [0.05, 0.1) is 12.2 Å². The fourth-order valence-corrected chi connectivity index (χ4v) is 1.06. The summed E-state index contributed by atoms with van der Waals surface area (Å²) in [6, 6.07) is 0.660. The van der Waals surface area contributed by atoms with Gasteiger partial charge in [-0.3, -0.25) is 0 Å². The zero-order valence-corrected chi connectivity index (χ0v) is 5.20. The Morgan fingerprint density at radius 3 is 2.78 bits per heavy atom. The van der Waals surface area contributed by atoms with E-state index in [2.05, 4.69) is 10.3 Å². The zero-order valence-electron chi connectivity index (χ0n) is 5.20. The van der Waals surface area contributed by atoms with E-state index < -0.39 is 0 Å². The second kappa shape index (κ2) is 1.83. The van der Waals surface area contributed by atoms with Crippen molar-refractivity contribution in [1.82, 2.24) is 15.0 Å². The number of nitrogens with zero attached hydrogens (tertiary/aromatic N) is 3. The lowest BCUT2D eigenvalue weighted by molar-refractivity contribution is 0.284. The number of aromatic nitrogens is 3. The van der Waals surface area contributed by atoms with Gasteiger partial charge in [-0.2, -0.15) is 0 Å². The highest BCUT2D eigenvalue weighted by Crippen LogP contribution is 2.29. The van der Waals surface area contributed by atoms with Crippen molar-refractivity contribution in [3.63, 3.8) is 0 Å². The molecule has 1 aliphatic carbocycles. The smallest absolute Gasteiger partial charge is 0.0693 e. The molecule has 1 aromatic rings. The average Bonchev–Trinajstić information content (AvgIpc) is 2.11. The Morgan fingerprint density at radius 2 is 2.33 bits per heavy atom. The first-order valence-electron chi connectivity index (χ1n) is 3.32. The minimum Gasteiger partial charge on any atom is -0.250 e. The molecule has 1 aliphatic rings. The summed E-state index contributed by atoms with van der Waals surface area (Å²) in [7, 11) is 0. The fraction of sp³-hybridized carbons (Fsp3) is 0.667. The summed E-state index contributed by atoms with van der Waals surface area (Å²) in [5.41, 5.74) is 0. The minimum absolute atomic E-state index is 0.660. The highest BCUT2D eigenvalue weighted by Gasteiger charge is 2.18. The Balaban J connectivity index is 2.14. The molecule has 1 heterocycles. The van der Waals surface area contributed by atoms with Crippen molar-refractivity contribution in [3.8, 4) is 0 Å². The topological polar surface area (TPSA) is 30.7 Å². The molecule has 0 aliphatic heterocycles. The van der Waals surface area contributed by atoms with Crippen LogP contribution in [0, 0.1) is 0 Å². The van der Waals surface area contributed by atoms with Crippen LogP contribution in [0.4, 0.5) is 0 Å². The van der Waals surface area contributed by atoms with E-state index >= 15 is 0 Å². The van der Waals surface area contributed by atoms with Crippen molar-refractivity contribution >= 4 is 0 Å². The van der Waals surface area contributed by atoms with Crippen molar-refractivity contribution in [3.05, 3.63) is 12.4 Å². The Morgan fingerprint density at radius 1 is 1.44 bits per heavy atom. The normalized spacial score (nSPS) is 19.6. The SMILES string of the molecule is c1cn(C2CCC2)nn1. The Hall–Kier alpha value is -0.860. The van der Waals surface area contributed by atoms with Crippen LogP contribution in [0.5, 0.6) is 0 Å². The molecule has 1 fully saturated rings. The highest BCUT2D eigenvalue weighted by atomic mass is 15.4. The van der Waals surface area contributed by atoms with Gasteiger partial charge in [-0.1, -0.05) is 5.21 Å². The van der Waals surface area contributed by atoms with Gasteiger partial charge in [0.1, 0.15) is 0 Å². The molecular weight excluding hydrogens is 114 g/mol. The largest absolute Gasteiger partial charge is 0.250 e. The predicted molar refractivity (Wildman–Crippen MR) is 32.9 cm³/mol. The molecule has 0 spiro atoms. The molecular formula is C6H9N3. The van der Waals surface area contributed by atoms with Gasteiger partial charge in [0.25, 0.3) is 0 Å². The van der Waals surface area contributed by atoms with Gasteiger partial charge in [0.15, 0.2) is 0 Å². The lowest BCUT2D eigenvalue weighted by Crippen LogP contribution is -2.17. The molecule has 0 bridgehead atoms. The molecule has 0 radical (unpaired) electrons. The summed E-state index contributed by atoms with van der Waals surface area (Å²) in [5, 5.41) is 7.64. The highest BCUT2D eigenvalue weighted by molar-refractivity contribution is 4.78. The van der Waals surface area contributed by atoms with Gasteiger partial charge in [0, 0.05) is 6.20 Å². The lowest BCUT2D eigenvalue weighted by Gasteiger charge is -2.24. The van der Waals surface area contributed by atoms with Gasteiger partial charge in [0.2, 0.25) is 0 Å². The van der Waals surface area contributed by atoms with Crippen LogP contribution in [-0.2, 0) is 0 Å². The standard InChI is InChI=1S/C6H9N3/c1-2-6(3-1)9-5-4-7-8-9/h4-6H,1-3H2. The van der Waals surface area contributed by atoms with Crippen LogP contribution in [0.3, 0.4) is 0 Å². The Kier molecular flexibility index (Phi) is 1.01. The predicted octanol–water partition coefficient (Wildman–Crippen LogP) is 1.00. The first-order chi connectivity index (χ1) is 4.47. The van der Waals surface area contributed by atoms with Crippen molar-refractivity contribution in [1.29, 1.82) is 0 Å². The molecule has 3 nitrogen and oxygen atoms in total. The Bertz CT molecular complexity index is 176. The van der Waals surface area contributed by atoms with E-state index in [1.165, 1.54) is 19.3 Å². The van der Waals surface area contributed by atoms with E-state index in [0.717, 1.165) is 0 Å². The second-order valence-corrected chi connectivity index (χ2v) is 2.47. The van der Waals surface area contributed by atoms with Crippen molar-refractivity contribution in [2.45, 2.75) is 25.3 Å². The van der Waals surface area contributed by atoms with Crippen LogP contribution in [0.15, 0.2) is 12.4 Å². The molecule has 0 aromatic carbocycles. The van der Waals surface area contributed by atoms with Crippen LogP contribution in [0.25, 0.3) is 0 Å². The van der Waals surface area contributed by atoms with Crippen LogP contribution in [0.2, 0.25) is 0 Å². The average molecular weight is 123 g/mol. The number of hydrogen-bond acceptors (Lipinski definition) is 2. The summed E-state index contributed by atoms with van der Waals surface area (Å²) in [6.45, 7) is 0. The van der Waals surface area contributed by atoms with Crippen molar-refractivity contribution in [2.75, 3.05) is 0 Å². The van der Waals surface area contributed by atoms with Gasteiger partial charge in [-0.15, -0.1) is 5.10 Å². The fourth-order valence-electron chi connectivity index (χ4n) is 1.06. The monoisotopic (exact) mass is 123 g/mol. The molecule has 1 saturated carbocycles. The van der Waals surface area contributed by atoms with E-state index in [1.54, 1.807) is 6.20 Å². The Labute approximate surface area is 53.7 Å². The summed E-state index contributed by atoms with van der Waals surface area (Å²) >= 11 is 0. The molecule has 0 atom stereocenters. The molecule has 1 aromatic heterocycles. The summed E-state index contributed by atoms with van der Waals surface area (Å²) in [6.07, 6.45) is 7.58. The maximum atomic E-state index is 3.90. The summed E-state index contributed by atoms with van der Waals surface area (Å²) in [5.74, 6) is 0. The van der Waals surface area contributed by atoms with Gasteiger partial charge >= 0.3 is 0 Å².